The monoisotopic (exact) mass is 275 g/mol. The molecule has 0 unspecified atom stereocenters. The van der Waals surface area contributed by atoms with Crippen LogP contribution in [0.15, 0.2) is 0 Å². The number of rotatable bonds is 3. The van der Waals surface area contributed by atoms with Crippen LogP contribution in [0.1, 0.15) is 50.2 Å². The maximum atomic E-state index is 10.9. The molecule has 5 nitrogen and oxygen atoms in total. The zero-order chi connectivity index (χ0) is 13.9. The van der Waals surface area contributed by atoms with Crippen molar-refractivity contribution in [2.45, 2.75) is 57.4 Å². The van der Waals surface area contributed by atoms with Crippen molar-refractivity contribution in [3.8, 4) is 0 Å². The van der Waals surface area contributed by atoms with Crippen molar-refractivity contribution in [2.75, 3.05) is 0 Å². The van der Waals surface area contributed by atoms with Gasteiger partial charge in [-0.25, -0.2) is 9.67 Å². The van der Waals surface area contributed by atoms with Crippen molar-refractivity contribution < 1.29 is 9.90 Å². The van der Waals surface area contributed by atoms with Crippen LogP contribution in [0, 0.1) is 24.7 Å². The second-order valence-corrected chi connectivity index (χ2v) is 7.23. The maximum absolute atomic E-state index is 10.9. The molecular weight excluding hydrogens is 254 g/mol. The summed E-state index contributed by atoms with van der Waals surface area (Å²) in [6.45, 7) is 1.78. The van der Waals surface area contributed by atoms with Crippen molar-refractivity contribution in [1.82, 2.24) is 14.8 Å². The van der Waals surface area contributed by atoms with Gasteiger partial charge in [0.1, 0.15) is 12.4 Å². The summed E-state index contributed by atoms with van der Waals surface area (Å²) in [5, 5.41) is 13.5. The predicted molar refractivity (Wildman–Crippen MR) is 72.2 cm³/mol. The molecule has 4 aliphatic rings. The highest BCUT2D eigenvalue weighted by Crippen LogP contribution is 2.60. The molecule has 0 aliphatic heterocycles. The third kappa shape index (κ3) is 1.79. The van der Waals surface area contributed by atoms with Crippen LogP contribution in [0.5, 0.6) is 0 Å². The lowest BCUT2D eigenvalue weighted by atomic mass is 9.49. The van der Waals surface area contributed by atoms with E-state index < -0.39 is 5.97 Å². The third-order valence-electron chi connectivity index (χ3n) is 5.65. The minimum absolute atomic E-state index is 0.0782. The Hall–Kier alpha value is -1.39. The molecule has 20 heavy (non-hydrogen) atoms. The van der Waals surface area contributed by atoms with E-state index >= 15 is 0 Å². The summed E-state index contributed by atoms with van der Waals surface area (Å²) < 4.78 is 1.55. The van der Waals surface area contributed by atoms with Crippen LogP contribution in [-0.4, -0.2) is 25.8 Å². The van der Waals surface area contributed by atoms with Gasteiger partial charge in [-0.15, -0.1) is 0 Å². The van der Waals surface area contributed by atoms with E-state index in [4.69, 9.17) is 5.11 Å². The minimum atomic E-state index is -0.852. The van der Waals surface area contributed by atoms with Crippen LogP contribution < -0.4 is 0 Å². The van der Waals surface area contributed by atoms with Gasteiger partial charge in [0.2, 0.25) is 0 Å². The van der Waals surface area contributed by atoms with Gasteiger partial charge < -0.3 is 5.11 Å². The number of aliphatic carboxylic acids is 1. The largest absolute Gasteiger partial charge is 0.480 e. The van der Waals surface area contributed by atoms with E-state index in [1.165, 1.54) is 38.5 Å². The summed E-state index contributed by atoms with van der Waals surface area (Å²) in [7, 11) is 0. The molecule has 0 radical (unpaired) electrons. The van der Waals surface area contributed by atoms with Crippen LogP contribution in [0.3, 0.4) is 0 Å². The first-order chi connectivity index (χ1) is 9.54. The Balaban J connectivity index is 1.68. The molecule has 0 aromatic carbocycles. The molecule has 1 aromatic rings. The lowest BCUT2D eigenvalue weighted by Crippen LogP contribution is -2.49. The molecule has 0 atom stereocenters. The number of aryl methyl sites for hydroxylation is 1. The molecule has 4 aliphatic carbocycles. The lowest BCUT2D eigenvalue weighted by Gasteiger charge is -2.55. The number of hydrogen-bond acceptors (Lipinski definition) is 3. The zero-order valence-electron chi connectivity index (χ0n) is 11.9. The minimum Gasteiger partial charge on any atom is -0.480 e. The van der Waals surface area contributed by atoms with E-state index in [0.717, 1.165) is 29.4 Å². The summed E-state index contributed by atoms with van der Waals surface area (Å²) in [5.74, 6) is 3.37. The number of hydrogen-bond donors (Lipinski definition) is 1. The number of nitrogens with zero attached hydrogens (tertiary/aromatic N) is 3. The second kappa shape index (κ2) is 4.06. The summed E-state index contributed by atoms with van der Waals surface area (Å²) in [5.41, 5.74) is 0.156. The Morgan fingerprint density at radius 3 is 2.30 bits per heavy atom. The highest BCUT2D eigenvalue weighted by Gasteiger charge is 2.53. The first-order valence-corrected chi connectivity index (χ1v) is 7.68. The van der Waals surface area contributed by atoms with Crippen LogP contribution in [0.4, 0.5) is 0 Å². The predicted octanol–water partition coefficient (Wildman–Crippen LogP) is 2.14. The summed E-state index contributed by atoms with van der Waals surface area (Å²) in [6, 6.07) is 0. The topological polar surface area (TPSA) is 68.0 Å². The highest BCUT2D eigenvalue weighted by molar-refractivity contribution is 5.66. The van der Waals surface area contributed by atoms with Crippen molar-refractivity contribution >= 4 is 5.97 Å². The fourth-order valence-corrected chi connectivity index (χ4v) is 5.31. The molecular formula is C15H21N3O2. The van der Waals surface area contributed by atoms with Gasteiger partial charge in [0.05, 0.1) is 0 Å². The van der Waals surface area contributed by atoms with Crippen molar-refractivity contribution in [3.63, 3.8) is 0 Å². The summed E-state index contributed by atoms with van der Waals surface area (Å²) >= 11 is 0. The van der Waals surface area contributed by atoms with E-state index in [1.54, 1.807) is 4.68 Å². The van der Waals surface area contributed by atoms with Gasteiger partial charge in [0, 0.05) is 5.41 Å². The molecule has 0 spiro atoms. The number of aromatic nitrogens is 3. The van der Waals surface area contributed by atoms with Gasteiger partial charge >= 0.3 is 5.97 Å². The molecule has 1 N–H and O–H groups in total. The van der Waals surface area contributed by atoms with E-state index in [9.17, 15) is 4.79 Å². The van der Waals surface area contributed by atoms with E-state index in [1.807, 2.05) is 6.92 Å². The van der Waals surface area contributed by atoms with Gasteiger partial charge in [-0.3, -0.25) is 4.79 Å². The highest BCUT2D eigenvalue weighted by atomic mass is 16.4. The Bertz CT molecular complexity index is 528. The van der Waals surface area contributed by atoms with Gasteiger partial charge in [-0.2, -0.15) is 5.10 Å². The average Bonchev–Trinajstić information content (AvgIpc) is 2.69. The van der Waals surface area contributed by atoms with Crippen LogP contribution >= 0.6 is 0 Å². The fraction of sp³-hybridized carbons (Fsp3) is 0.800. The van der Waals surface area contributed by atoms with E-state index in [2.05, 4.69) is 10.1 Å². The molecule has 4 fully saturated rings. The number of carbonyl (C=O) groups is 1. The van der Waals surface area contributed by atoms with Crippen LogP contribution in [0.25, 0.3) is 0 Å². The van der Waals surface area contributed by atoms with Crippen molar-refractivity contribution in [1.29, 1.82) is 0 Å². The van der Waals surface area contributed by atoms with Crippen molar-refractivity contribution in [3.05, 3.63) is 11.6 Å². The second-order valence-electron chi connectivity index (χ2n) is 7.23. The third-order valence-corrected chi connectivity index (χ3v) is 5.65. The Morgan fingerprint density at radius 1 is 1.25 bits per heavy atom. The van der Waals surface area contributed by atoms with E-state index in [0.29, 0.717) is 0 Å². The lowest BCUT2D eigenvalue weighted by molar-refractivity contribution is -0.137. The van der Waals surface area contributed by atoms with Gasteiger partial charge in [0.25, 0.3) is 0 Å². The van der Waals surface area contributed by atoms with Crippen molar-refractivity contribution in [2.24, 2.45) is 17.8 Å². The van der Waals surface area contributed by atoms with Gasteiger partial charge in [-0.1, -0.05) is 0 Å². The van der Waals surface area contributed by atoms with Crippen LogP contribution in [-0.2, 0) is 16.8 Å². The van der Waals surface area contributed by atoms with Crippen LogP contribution in [0.2, 0.25) is 0 Å². The molecule has 5 heteroatoms. The SMILES string of the molecule is Cc1nc(C23CC4CC(CC(C4)C2)C3)nn1CC(=O)O. The van der Waals surface area contributed by atoms with Gasteiger partial charge in [0.15, 0.2) is 5.82 Å². The molecule has 1 heterocycles. The first kappa shape index (κ1) is 12.4. The number of carboxylic acids is 1. The Morgan fingerprint density at radius 2 is 1.80 bits per heavy atom. The number of carboxylic acid groups (broad SMARTS) is 1. The normalized spacial score (nSPS) is 38.4. The smallest absolute Gasteiger partial charge is 0.325 e. The first-order valence-electron chi connectivity index (χ1n) is 7.68. The molecule has 4 saturated carbocycles. The molecule has 0 amide bonds. The standard InChI is InChI=1S/C15H21N3O2/c1-9-16-14(17-18(9)8-13(19)20)15-5-10-2-11(6-15)4-12(3-10)7-15/h10-12H,2-8H2,1H3,(H,19,20). The molecule has 0 saturated heterocycles. The summed E-state index contributed by atoms with van der Waals surface area (Å²) in [4.78, 5) is 15.5. The quantitative estimate of drug-likeness (QED) is 0.917. The molecule has 1 aromatic heterocycles. The van der Waals surface area contributed by atoms with E-state index in [-0.39, 0.29) is 12.0 Å². The zero-order valence-corrected chi connectivity index (χ0v) is 11.9. The Labute approximate surface area is 118 Å². The molecule has 108 valence electrons. The average molecular weight is 275 g/mol. The maximum Gasteiger partial charge on any atom is 0.325 e. The molecule has 4 bridgehead atoms. The van der Waals surface area contributed by atoms with Gasteiger partial charge in [-0.05, 0) is 63.2 Å². The molecule has 5 rings (SSSR count). The summed E-state index contributed by atoms with van der Waals surface area (Å²) in [6.07, 6.45) is 7.84. The fourth-order valence-electron chi connectivity index (χ4n) is 5.31. The Kier molecular flexibility index (Phi) is 2.51.